The largest absolute Gasteiger partial charge is 0.452 e. The van der Waals surface area contributed by atoms with Gasteiger partial charge in [-0.15, -0.1) is 0 Å². The first kappa shape index (κ1) is 17.8. The van der Waals surface area contributed by atoms with Crippen LogP contribution in [-0.2, 0) is 9.53 Å². The number of anilines is 1. The number of benzene rings is 1. The van der Waals surface area contributed by atoms with Crippen molar-refractivity contribution in [3.05, 3.63) is 28.8 Å². The summed E-state index contributed by atoms with van der Waals surface area (Å²) in [5, 5.41) is 3.33. The molecule has 0 aliphatic carbocycles. The molecule has 2 atom stereocenters. The molecule has 1 N–H and O–H groups in total. The van der Waals surface area contributed by atoms with Crippen molar-refractivity contribution in [2.24, 2.45) is 0 Å². The molecule has 5 nitrogen and oxygen atoms in total. The molecule has 1 aromatic rings. The number of nitrogens with zero attached hydrogens (tertiary/aromatic N) is 1. The Morgan fingerprint density at radius 3 is 2.80 bits per heavy atom. The number of likely N-dealkylation sites (tertiary alicyclic amines) is 1. The molecule has 0 aromatic heterocycles. The van der Waals surface area contributed by atoms with Gasteiger partial charge in [0.2, 0.25) is 0 Å². The standard InChI is InChI=1S/C20H28N2O3/c1-13-10-16-14(2)7-8-21-19(16)17(11-13)20(24)25-12-18(23)22-9-5-4-6-15(22)3/h10-11,14-15,21H,4-9,12H2,1-3H3/t14-,15+/m0/s1. The van der Waals surface area contributed by atoms with Crippen LogP contribution in [-0.4, -0.2) is 42.5 Å². The van der Waals surface area contributed by atoms with Gasteiger partial charge in [0.05, 0.1) is 11.3 Å². The number of aryl methyl sites for hydroxylation is 1. The molecule has 2 heterocycles. The molecule has 1 fully saturated rings. The number of piperidine rings is 1. The molecule has 0 unspecified atom stereocenters. The van der Waals surface area contributed by atoms with Crippen LogP contribution in [0, 0.1) is 6.92 Å². The van der Waals surface area contributed by atoms with Crippen LogP contribution in [0.2, 0.25) is 0 Å². The number of nitrogens with one attached hydrogen (secondary N) is 1. The minimum Gasteiger partial charge on any atom is -0.452 e. The van der Waals surface area contributed by atoms with Crippen molar-refractivity contribution in [1.29, 1.82) is 0 Å². The molecule has 1 aromatic carbocycles. The average Bonchev–Trinajstić information content (AvgIpc) is 2.60. The maximum Gasteiger partial charge on any atom is 0.340 e. The Morgan fingerprint density at radius 2 is 2.04 bits per heavy atom. The highest BCUT2D eigenvalue weighted by molar-refractivity contribution is 5.98. The van der Waals surface area contributed by atoms with E-state index in [4.69, 9.17) is 4.74 Å². The lowest BCUT2D eigenvalue weighted by Crippen LogP contribution is -2.44. The van der Waals surface area contributed by atoms with Gasteiger partial charge in [0.25, 0.3) is 5.91 Å². The highest BCUT2D eigenvalue weighted by Crippen LogP contribution is 2.35. The topological polar surface area (TPSA) is 58.6 Å². The normalized spacial score (nSPS) is 22.8. The zero-order valence-corrected chi connectivity index (χ0v) is 15.4. The van der Waals surface area contributed by atoms with Crippen LogP contribution in [0.3, 0.4) is 0 Å². The molecule has 0 spiro atoms. The lowest BCUT2D eigenvalue weighted by atomic mass is 9.89. The number of ether oxygens (including phenoxy) is 1. The van der Waals surface area contributed by atoms with Crippen LogP contribution in [0.15, 0.2) is 12.1 Å². The van der Waals surface area contributed by atoms with Crippen molar-refractivity contribution >= 4 is 17.6 Å². The van der Waals surface area contributed by atoms with E-state index in [-0.39, 0.29) is 18.6 Å². The molecule has 0 bridgehead atoms. The van der Waals surface area contributed by atoms with Crippen LogP contribution >= 0.6 is 0 Å². The average molecular weight is 344 g/mol. The van der Waals surface area contributed by atoms with Gasteiger partial charge < -0.3 is 15.0 Å². The highest BCUT2D eigenvalue weighted by atomic mass is 16.5. The van der Waals surface area contributed by atoms with E-state index in [0.29, 0.717) is 11.5 Å². The van der Waals surface area contributed by atoms with E-state index in [1.807, 2.05) is 17.9 Å². The van der Waals surface area contributed by atoms with Gasteiger partial charge in [-0.1, -0.05) is 13.0 Å². The second kappa shape index (κ2) is 7.46. The molecule has 136 valence electrons. The van der Waals surface area contributed by atoms with Crippen molar-refractivity contribution in [1.82, 2.24) is 4.90 Å². The second-order valence-electron chi connectivity index (χ2n) is 7.40. The number of carbonyl (C=O) groups is 2. The van der Waals surface area contributed by atoms with E-state index in [0.717, 1.165) is 55.6 Å². The summed E-state index contributed by atoms with van der Waals surface area (Å²) in [7, 11) is 0. The summed E-state index contributed by atoms with van der Waals surface area (Å²) in [5.41, 5.74) is 3.61. The van der Waals surface area contributed by atoms with Crippen LogP contribution in [0.4, 0.5) is 5.69 Å². The Bertz CT molecular complexity index is 671. The summed E-state index contributed by atoms with van der Waals surface area (Å²) in [6.07, 6.45) is 4.25. The van der Waals surface area contributed by atoms with Gasteiger partial charge >= 0.3 is 5.97 Å². The number of fused-ring (bicyclic) bond motifs is 1. The maximum atomic E-state index is 12.6. The quantitative estimate of drug-likeness (QED) is 0.853. The van der Waals surface area contributed by atoms with Gasteiger partial charge in [-0.3, -0.25) is 4.79 Å². The summed E-state index contributed by atoms with van der Waals surface area (Å²) in [4.78, 5) is 26.8. The third kappa shape index (κ3) is 3.80. The Morgan fingerprint density at radius 1 is 1.24 bits per heavy atom. The molecule has 2 aliphatic rings. The monoisotopic (exact) mass is 344 g/mol. The first-order valence-electron chi connectivity index (χ1n) is 9.32. The van der Waals surface area contributed by atoms with Gasteiger partial charge in [0.1, 0.15) is 0 Å². The molecule has 0 radical (unpaired) electrons. The van der Waals surface area contributed by atoms with Gasteiger partial charge in [-0.25, -0.2) is 4.79 Å². The molecule has 0 saturated carbocycles. The molecule has 25 heavy (non-hydrogen) atoms. The third-order valence-electron chi connectivity index (χ3n) is 5.39. The molecule has 2 aliphatic heterocycles. The zero-order valence-electron chi connectivity index (χ0n) is 15.4. The van der Waals surface area contributed by atoms with E-state index < -0.39 is 5.97 Å². The first-order valence-corrected chi connectivity index (χ1v) is 9.32. The lowest BCUT2D eigenvalue weighted by Gasteiger charge is -2.33. The Balaban J connectivity index is 1.70. The van der Waals surface area contributed by atoms with E-state index in [2.05, 4.69) is 25.2 Å². The molecule has 3 rings (SSSR count). The van der Waals surface area contributed by atoms with E-state index in [9.17, 15) is 9.59 Å². The highest BCUT2D eigenvalue weighted by Gasteiger charge is 2.26. The SMILES string of the molecule is Cc1cc(C(=O)OCC(=O)N2CCCC[C@H]2C)c2c(c1)[C@@H](C)CCN2. The minimum absolute atomic E-state index is 0.0941. The van der Waals surface area contributed by atoms with E-state index in [1.165, 1.54) is 0 Å². The van der Waals surface area contributed by atoms with Crippen molar-refractivity contribution in [3.63, 3.8) is 0 Å². The predicted molar refractivity (Wildman–Crippen MR) is 98.0 cm³/mol. The first-order chi connectivity index (χ1) is 12.0. The lowest BCUT2D eigenvalue weighted by molar-refractivity contribution is -0.137. The van der Waals surface area contributed by atoms with Crippen molar-refractivity contribution < 1.29 is 14.3 Å². The van der Waals surface area contributed by atoms with E-state index >= 15 is 0 Å². The summed E-state index contributed by atoms with van der Waals surface area (Å²) in [6, 6.07) is 4.21. The van der Waals surface area contributed by atoms with Crippen molar-refractivity contribution in [2.45, 2.75) is 58.4 Å². The predicted octanol–water partition coefficient (Wildman–Crippen LogP) is 3.47. The Labute approximate surface area is 149 Å². The van der Waals surface area contributed by atoms with E-state index in [1.54, 1.807) is 0 Å². The van der Waals surface area contributed by atoms with Crippen LogP contribution in [0.1, 0.15) is 66.9 Å². The fraction of sp³-hybridized carbons (Fsp3) is 0.600. The smallest absolute Gasteiger partial charge is 0.340 e. The molecular weight excluding hydrogens is 316 g/mol. The number of carbonyl (C=O) groups excluding carboxylic acids is 2. The molecule has 1 saturated heterocycles. The summed E-state index contributed by atoms with van der Waals surface area (Å²) < 4.78 is 5.38. The van der Waals surface area contributed by atoms with Gasteiger partial charge in [0, 0.05) is 19.1 Å². The van der Waals surface area contributed by atoms with Gasteiger partial charge in [-0.05, 0) is 62.6 Å². The van der Waals surface area contributed by atoms with Gasteiger partial charge in [-0.2, -0.15) is 0 Å². The molecule has 1 amide bonds. The van der Waals surface area contributed by atoms with Crippen LogP contribution in [0.25, 0.3) is 0 Å². The summed E-state index contributed by atoms with van der Waals surface area (Å²) in [6.45, 7) is 7.65. The van der Waals surface area contributed by atoms with Gasteiger partial charge in [0.15, 0.2) is 6.61 Å². The molecule has 5 heteroatoms. The van der Waals surface area contributed by atoms with Crippen LogP contribution in [0.5, 0.6) is 0 Å². The number of esters is 1. The second-order valence-corrected chi connectivity index (χ2v) is 7.40. The minimum atomic E-state index is -0.417. The fourth-order valence-corrected chi connectivity index (χ4v) is 3.89. The van der Waals surface area contributed by atoms with Crippen LogP contribution < -0.4 is 5.32 Å². The maximum absolute atomic E-state index is 12.6. The zero-order chi connectivity index (χ0) is 18.0. The van der Waals surface area contributed by atoms with Crippen molar-refractivity contribution in [3.8, 4) is 0 Å². The third-order valence-corrected chi connectivity index (χ3v) is 5.39. The Kier molecular flexibility index (Phi) is 5.30. The number of rotatable bonds is 3. The number of hydrogen-bond acceptors (Lipinski definition) is 4. The Hall–Kier alpha value is -2.04. The summed E-state index contributed by atoms with van der Waals surface area (Å²) >= 11 is 0. The fourth-order valence-electron chi connectivity index (χ4n) is 3.89. The number of amides is 1. The molecular formula is C20H28N2O3. The number of hydrogen-bond donors (Lipinski definition) is 1. The van der Waals surface area contributed by atoms with Crippen molar-refractivity contribution in [2.75, 3.05) is 25.0 Å². The summed E-state index contributed by atoms with van der Waals surface area (Å²) in [5.74, 6) is -0.0958.